The number of allylic oxidation sites excluding steroid dienone is 1. The van der Waals surface area contributed by atoms with Gasteiger partial charge in [-0.25, -0.2) is 8.78 Å². The second-order valence-corrected chi connectivity index (χ2v) is 10.9. The maximum Gasteiger partial charge on any atom is 0.303 e. The van der Waals surface area contributed by atoms with Gasteiger partial charge in [0.05, 0.1) is 5.92 Å². The van der Waals surface area contributed by atoms with Crippen LogP contribution in [0.2, 0.25) is 0 Å². The van der Waals surface area contributed by atoms with Crippen LogP contribution in [0.4, 0.5) is 8.78 Å². The number of carbonyl (C=O) groups is 5. The van der Waals surface area contributed by atoms with E-state index in [1.807, 2.05) is 13.8 Å². The number of amides is 2. The van der Waals surface area contributed by atoms with Crippen molar-refractivity contribution in [3.63, 3.8) is 0 Å². The number of primary amides is 1. The van der Waals surface area contributed by atoms with Crippen LogP contribution in [-0.4, -0.2) is 72.2 Å². The number of ether oxygens (including phenoxy) is 4. The Labute approximate surface area is 256 Å². The molecular weight excluding hydrogens is 582 g/mol. The number of nitrogens with two attached hydrogens (primary N) is 1. The number of hydrogen-bond acceptors (Lipinski definition) is 9. The maximum absolute atomic E-state index is 14.2. The van der Waals surface area contributed by atoms with E-state index in [0.29, 0.717) is 24.8 Å². The summed E-state index contributed by atoms with van der Waals surface area (Å²) in [6, 6.07) is 3.23. The molecule has 0 saturated carbocycles. The van der Waals surface area contributed by atoms with E-state index >= 15 is 0 Å². The largest absolute Gasteiger partial charge is 0.455 e. The zero-order chi connectivity index (χ0) is 33.2. The van der Waals surface area contributed by atoms with E-state index in [1.165, 1.54) is 17.0 Å². The van der Waals surface area contributed by atoms with Crippen LogP contribution in [0, 0.1) is 23.5 Å². The molecule has 2 N–H and O–H groups in total. The van der Waals surface area contributed by atoms with Crippen LogP contribution in [-0.2, 0) is 49.5 Å². The number of methoxy groups -OCH3 is 1. The highest BCUT2D eigenvalue weighted by atomic mass is 19.2. The number of esters is 3. The summed E-state index contributed by atoms with van der Waals surface area (Å²) in [6.45, 7) is 7.11. The number of hydrogen-bond donors (Lipinski definition) is 1. The van der Waals surface area contributed by atoms with Crippen molar-refractivity contribution in [3.8, 4) is 0 Å². The predicted molar refractivity (Wildman–Crippen MR) is 153 cm³/mol. The van der Waals surface area contributed by atoms with Crippen LogP contribution in [0.1, 0.15) is 65.9 Å². The smallest absolute Gasteiger partial charge is 0.303 e. The first-order valence-electron chi connectivity index (χ1n) is 14.5. The Hall–Kier alpha value is -3.87. The third-order valence-corrected chi connectivity index (χ3v) is 7.59. The molecule has 1 aliphatic rings. The van der Waals surface area contributed by atoms with Crippen molar-refractivity contribution in [1.82, 2.24) is 4.90 Å². The first-order valence-corrected chi connectivity index (χ1v) is 14.5. The monoisotopic (exact) mass is 624 g/mol. The van der Waals surface area contributed by atoms with Gasteiger partial charge in [-0.05, 0) is 42.5 Å². The molecule has 0 spiro atoms. The number of halogens is 2. The van der Waals surface area contributed by atoms with Gasteiger partial charge in [-0.2, -0.15) is 0 Å². The Morgan fingerprint density at radius 3 is 2.18 bits per heavy atom. The van der Waals surface area contributed by atoms with Gasteiger partial charge in [0.25, 0.3) is 5.91 Å². The highest BCUT2D eigenvalue weighted by Crippen LogP contribution is 2.39. The van der Waals surface area contributed by atoms with Crippen molar-refractivity contribution in [2.45, 2.75) is 90.8 Å². The Balaban J connectivity index is 2.75. The van der Waals surface area contributed by atoms with Gasteiger partial charge in [0.15, 0.2) is 35.5 Å². The lowest BCUT2D eigenvalue weighted by atomic mass is 9.75. The average Bonchev–Trinajstić information content (AvgIpc) is 3.12. The zero-order valence-electron chi connectivity index (χ0n) is 26.0. The fraction of sp³-hybridized carbons (Fsp3) is 0.581. The molecule has 0 bridgehead atoms. The van der Waals surface area contributed by atoms with Crippen LogP contribution >= 0.6 is 0 Å². The van der Waals surface area contributed by atoms with Crippen molar-refractivity contribution in [2.75, 3.05) is 13.7 Å². The van der Waals surface area contributed by atoms with Crippen molar-refractivity contribution >= 4 is 29.7 Å². The summed E-state index contributed by atoms with van der Waals surface area (Å²) in [5, 5.41) is 0. The van der Waals surface area contributed by atoms with Gasteiger partial charge < -0.3 is 29.6 Å². The molecule has 0 aromatic heterocycles. The summed E-state index contributed by atoms with van der Waals surface area (Å²) in [4.78, 5) is 66.1. The van der Waals surface area contributed by atoms with Gasteiger partial charge in [0.2, 0.25) is 5.91 Å². The van der Waals surface area contributed by atoms with Crippen molar-refractivity contribution in [3.05, 3.63) is 47.5 Å². The first-order chi connectivity index (χ1) is 20.7. The molecule has 0 aliphatic carbocycles. The van der Waals surface area contributed by atoms with Crippen LogP contribution in [0.25, 0.3) is 0 Å². The van der Waals surface area contributed by atoms with E-state index in [9.17, 15) is 32.8 Å². The van der Waals surface area contributed by atoms with Crippen LogP contribution in [0.15, 0.2) is 30.4 Å². The van der Waals surface area contributed by atoms with Gasteiger partial charge in [0.1, 0.15) is 0 Å². The number of benzene rings is 1. The molecule has 1 saturated heterocycles. The lowest BCUT2D eigenvalue weighted by Gasteiger charge is -2.45. The summed E-state index contributed by atoms with van der Waals surface area (Å²) < 4.78 is 50.0. The lowest BCUT2D eigenvalue weighted by molar-refractivity contribution is -0.219. The fourth-order valence-electron chi connectivity index (χ4n) is 5.30. The van der Waals surface area contributed by atoms with Gasteiger partial charge in [-0.3, -0.25) is 24.0 Å². The molecule has 1 unspecified atom stereocenters. The standard InChI is InChI=1S/C31H42F2N2O9/c1-7-18(2)11-14-26(42-19(3)36)27(43-20(4)37)28(44-21(5)38)31(41-6,30(34)40)23-10-8-9-15-35(29(23)39)17-22-12-13-24(32)25(33)16-22/h11-14,16,18,23,26-28H,7-10,15,17H2,1-6H3,(H2,34,40)/b14-11+/t18?,23-,26-,27+,28-,31-/m1/s1. The first kappa shape index (κ1) is 36.3. The van der Waals surface area contributed by atoms with Crippen molar-refractivity contribution < 1.29 is 51.7 Å². The molecule has 2 amide bonds. The Bertz CT molecular complexity index is 1240. The molecule has 2 rings (SSSR count). The normalized spacial score (nSPS) is 19.7. The fourth-order valence-corrected chi connectivity index (χ4v) is 5.30. The molecule has 1 aromatic carbocycles. The second kappa shape index (κ2) is 16.3. The van der Waals surface area contributed by atoms with Gasteiger partial charge in [-0.15, -0.1) is 0 Å². The van der Waals surface area contributed by atoms with E-state index in [4.69, 9.17) is 24.7 Å². The van der Waals surface area contributed by atoms with E-state index < -0.39 is 71.2 Å². The molecule has 44 heavy (non-hydrogen) atoms. The molecule has 1 heterocycles. The highest BCUT2D eigenvalue weighted by molar-refractivity contribution is 5.93. The van der Waals surface area contributed by atoms with Crippen LogP contribution < -0.4 is 5.73 Å². The van der Waals surface area contributed by atoms with E-state index in [1.54, 1.807) is 6.08 Å². The minimum atomic E-state index is -2.43. The Morgan fingerprint density at radius 2 is 1.66 bits per heavy atom. The molecule has 1 aliphatic heterocycles. The SMILES string of the molecule is CCC(C)/C=C/[C@@H](OC(C)=O)[C@H](OC(C)=O)[C@@H](OC(C)=O)[C@@](OC)(C(N)=O)[C@@H]1CCCCN(Cc2ccc(F)c(F)c2)C1=O. The Morgan fingerprint density at radius 1 is 1.02 bits per heavy atom. The van der Waals surface area contributed by atoms with Gasteiger partial charge in [-0.1, -0.05) is 38.8 Å². The van der Waals surface area contributed by atoms with Crippen molar-refractivity contribution in [2.24, 2.45) is 17.6 Å². The molecule has 244 valence electrons. The minimum Gasteiger partial charge on any atom is -0.455 e. The van der Waals surface area contributed by atoms with Gasteiger partial charge in [0, 0.05) is 41.0 Å². The molecule has 13 heteroatoms. The topological polar surface area (TPSA) is 152 Å². The maximum atomic E-state index is 14.2. The molecule has 11 nitrogen and oxygen atoms in total. The summed E-state index contributed by atoms with van der Waals surface area (Å²) in [5.74, 6) is -7.96. The number of carbonyl (C=O) groups excluding carboxylic acids is 5. The van der Waals surface area contributed by atoms with E-state index in [2.05, 4.69) is 0 Å². The van der Waals surface area contributed by atoms with Gasteiger partial charge >= 0.3 is 17.9 Å². The van der Waals surface area contributed by atoms with E-state index in [0.717, 1.165) is 40.0 Å². The van der Waals surface area contributed by atoms with Crippen LogP contribution in [0.5, 0.6) is 0 Å². The summed E-state index contributed by atoms with van der Waals surface area (Å²) >= 11 is 0. The zero-order valence-corrected chi connectivity index (χ0v) is 26.0. The number of nitrogens with zero attached hydrogens (tertiary/aromatic N) is 1. The molecule has 0 radical (unpaired) electrons. The molecule has 6 atom stereocenters. The highest BCUT2D eigenvalue weighted by Gasteiger charge is 2.61. The van der Waals surface area contributed by atoms with E-state index in [-0.39, 0.29) is 25.4 Å². The second-order valence-electron chi connectivity index (χ2n) is 10.9. The number of likely N-dealkylation sites (tertiary alicyclic amines) is 1. The molecule has 1 fully saturated rings. The average molecular weight is 625 g/mol. The quantitative estimate of drug-likeness (QED) is 0.187. The Kier molecular flexibility index (Phi) is 13.4. The summed E-state index contributed by atoms with van der Waals surface area (Å²) in [7, 11) is 1.10. The number of rotatable bonds is 14. The van der Waals surface area contributed by atoms with Crippen LogP contribution in [0.3, 0.4) is 0 Å². The summed E-state index contributed by atoms with van der Waals surface area (Å²) in [5.41, 5.74) is 3.83. The van der Waals surface area contributed by atoms with Crippen molar-refractivity contribution in [1.29, 1.82) is 0 Å². The molecule has 1 aromatic rings. The third kappa shape index (κ3) is 9.07. The minimum absolute atomic E-state index is 0.00479. The predicted octanol–water partition coefficient (Wildman–Crippen LogP) is 3.36. The lowest BCUT2D eigenvalue weighted by Crippen LogP contribution is -2.68. The molecular formula is C31H42F2N2O9. The third-order valence-electron chi connectivity index (χ3n) is 7.59. The summed E-state index contributed by atoms with van der Waals surface area (Å²) in [6.07, 6.45) is -0.155.